The average molecular weight is 256 g/mol. The Balaban J connectivity index is 1.78. The number of aromatic nitrogens is 3. The van der Waals surface area contributed by atoms with E-state index >= 15 is 0 Å². The number of hydrogen-bond donors (Lipinski definition) is 1. The number of aryl methyl sites for hydroxylation is 1. The molecule has 1 heterocycles. The third kappa shape index (κ3) is 2.68. The third-order valence-corrected chi connectivity index (χ3v) is 3.81. The van der Waals surface area contributed by atoms with Crippen LogP contribution in [0.15, 0.2) is 30.3 Å². The smallest absolute Gasteiger partial charge is 0.151 e. The predicted octanol–water partition coefficient (Wildman–Crippen LogP) is 2.61. The van der Waals surface area contributed by atoms with Crippen LogP contribution in [0.25, 0.3) is 5.69 Å². The van der Waals surface area contributed by atoms with Crippen LogP contribution >= 0.6 is 0 Å². The minimum atomic E-state index is 0.654. The highest BCUT2D eigenvalue weighted by Gasteiger charge is 2.16. The molecule has 4 heteroatoms. The molecule has 1 aliphatic carbocycles. The third-order valence-electron chi connectivity index (χ3n) is 3.81. The first-order valence-electron chi connectivity index (χ1n) is 7.04. The van der Waals surface area contributed by atoms with E-state index in [0.29, 0.717) is 6.04 Å². The zero-order valence-electron chi connectivity index (χ0n) is 11.3. The van der Waals surface area contributed by atoms with Crippen molar-refractivity contribution in [3.63, 3.8) is 0 Å². The summed E-state index contributed by atoms with van der Waals surface area (Å²) in [4.78, 5) is 0. The van der Waals surface area contributed by atoms with E-state index in [0.717, 1.165) is 23.9 Å². The molecule has 0 spiro atoms. The molecular weight excluding hydrogens is 236 g/mol. The molecular formula is C15H20N4. The molecule has 19 heavy (non-hydrogen) atoms. The van der Waals surface area contributed by atoms with Crippen LogP contribution < -0.4 is 5.32 Å². The highest BCUT2D eigenvalue weighted by atomic mass is 15.3. The fourth-order valence-corrected chi connectivity index (χ4v) is 2.80. The van der Waals surface area contributed by atoms with Gasteiger partial charge in [0.1, 0.15) is 5.82 Å². The highest BCUT2D eigenvalue weighted by molar-refractivity contribution is 5.33. The number of rotatable bonds is 4. The maximum absolute atomic E-state index is 4.30. The molecule has 100 valence electrons. The molecule has 1 fully saturated rings. The van der Waals surface area contributed by atoms with Gasteiger partial charge in [-0.05, 0) is 31.9 Å². The Morgan fingerprint density at radius 2 is 1.89 bits per heavy atom. The van der Waals surface area contributed by atoms with E-state index in [1.807, 2.05) is 25.1 Å². The van der Waals surface area contributed by atoms with Gasteiger partial charge >= 0.3 is 0 Å². The molecule has 1 saturated carbocycles. The van der Waals surface area contributed by atoms with Crippen molar-refractivity contribution in [1.29, 1.82) is 0 Å². The second-order valence-electron chi connectivity index (χ2n) is 5.20. The lowest BCUT2D eigenvalue weighted by Gasteiger charge is -2.13. The van der Waals surface area contributed by atoms with Gasteiger partial charge in [-0.2, -0.15) is 0 Å². The molecule has 2 aromatic rings. The molecule has 0 amide bonds. The fraction of sp³-hybridized carbons (Fsp3) is 0.467. The van der Waals surface area contributed by atoms with Gasteiger partial charge in [-0.25, -0.2) is 0 Å². The van der Waals surface area contributed by atoms with Crippen LogP contribution in [-0.4, -0.2) is 20.8 Å². The molecule has 1 aliphatic rings. The number of nitrogens with zero attached hydrogens (tertiary/aromatic N) is 3. The Labute approximate surface area is 113 Å². The number of nitrogens with one attached hydrogen (secondary N) is 1. The number of hydrogen-bond acceptors (Lipinski definition) is 3. The number of para-hydroxylation sites is 1. The summed E-state index contributed by atoms with van der Waals surface area (Å²) >= 11 is 0. The molecule has 0 saturated heterocycles. The lowest BCUT2D eigenvalue weighted by molar-refractivity contribution is 0.510. The van der Waals surface area contributed by atoms with E-state index in [1.165, 1.54) is 25.7 Å². The van der Waals surface area contributed by atoms with Gasteiger partial charge in [0.25, 0.3) is 0 Å². The van der Waals surface area contributed by atoms with E-state index in [1.54, 1.807) is 0 Å². The van der Waals surface area contributed by atoms with Gasteiger partial charge in [-0.15, -0.1) is 10.2 Å². The van der Waals surface area contributed by atoms with Crippen LogP contribution in [0.5, 0.6) is 0 Å². The Bertz CT molecular complexity index is 526. The summed E-state index contributed by atoms with van der Waals surface area (Å²) in [6.45, 7) is 2.79. The Morgan fingerprint density at radius 3 is 2.63 bits per heavy atom. The summed E-state index contributed by atoms with van der Waals surface area (Å²) in [6, 6.07) is 11.0. The van der Waals surface area contributed by atoms with Crippen molar-refractivity contribution in [2.45, 2.75) is 45.2 Å². The minimum Gasteiger partial charge on any atom is -0.307 e. The SMILES string of the molecule is Cc1nnc(CNC2CCCC2)n1-c1ccccc1. The molecule has 1 aromatic heterocycles. The van der Waals surface area contributed by atoms with Gasteiger partial charge in [0, 0.05) is 11.7 Å². The summed E-state index contributed by atoms with van der Waals surface area (Å²) in [5.41, 5.74) is 1.13. The second kappa shape index (κ2) is 5.53. The molecule has 0 atom stereocenters. The van der Waals surface area contributed by atoms with Crippen LogP contribution in [0.4, 0.5) is 0 Å². The maximum atomic E-state index is 4.30. The average Bonchev–Trinajstić information content (AvgIpc) is 3.07. The zero-order chi connectivity index (χ0) is 13.1. The van der Waals surface area contributed by atoms with Crippen molar-refractivity contribution in [2.75, 3.05) is 0 Å². The van der Waals surface area contributed by atoms with Gasteiger partial charge < -0.3 is 5.32 Å². The highest BCUT2D eigenvalue weighted by Crippen LogP contribution is 2.18. The van der Waals surface area contributed by atoms with Gasteiger partial charge in [-0.1, -0.05) is 31.0 Å². The normalized spacial score (nSPS) is 16.1. The summed E-state index contributed by atoms with van der Waals surface area (Å²) in [5, 5.41) is 12.1. The molecule has 0 unspecified atom stereocenters. The predicted molar refractivity (Wildman–Crippen MR) is 75.2 cm³/mol. The minimum absolute atomic E-state index is 0.654. The number of benzene rings is 1. The molecule has 4 nitrogen and oxygen atoms in total. The summed E-state index contributed by atoms with van der Waals surface area (Å²) < 4.78 is 2.13. The topological polar surface area (TPSA) is 42.7 Å². The van der Waals surface area contributed by atoms with E-state index in [-0.39, 0.29) is 0 Å². The summed E-state index contributed by atoms with van der Waals surface area (Å²) in [7, 11) is 0. The van der Waals surface area contributed by atoms with Crippen molar-refractivity contribution in [1.82, 2.24) is 20.1 Å². The largest absolute Gasteiger partial charge is 0.307 e. The summed E-state index contributed by atoms with van der Waals surface area (Å²) in [5.74, 6) is 1.94. The Morgan fingerprint density at radius 1 is 1.16 bits per heavy atom. The lowest BCUT2D eigenvalue weighted by Crippen LogP contribution is -2.26. The van der Waals surface area contributed by atoms with E-state index in [9.17, 15) is 0 Å². The molecule has 0 aliphatic heterocycles. The van der Waals surface area contributed by atoms with Crippen molar-refractivity contribution >= 4 is 0 Å². The van der Waals surface area contributed by atoms with Crippen LogP contribution in [0.1, 0.15) is 37.3 Å². The standard InChI is InChI=1S/C15H20N4/c1-12-17-18-15(11-16-13-7-5-6-8-13)19(12)14-9-3-2-4-10-14/h2-4,9-10,13,16H,5-8,11H2,1H3. The van der Waals surface area contributed by atoms with E-state index in [2.05, 4.69) is 32.2 Å². The lowest BCUT2D eigenvalue weighted by atomic mass is 10.2. The Hall–Kier alpha value is -1.68. The maximum Gasteiger partial charge on any atom is 0.151 e. The van der Waals surface area contributed by atoms with Crippen molar-refractivity contribution in [3.8, 4) is 5.69 Å². The van der Waals surface area contributed by atoms with Crippen molar-refractivity contribution in [2.24, 2.45) is 0 Å². The van der Waals surface area contributed by atoms with Gasteiger partial charge in [-0.3, -0.25) is 4.57 Å². The van der Waals surface area contributed by atoms with Crippen LogP contribution in [0.2, 0.25) is 0 Å². The van der Waals surface area contributed by atoms with E-state index < -0.39 is 0 Å². The first-order valence-corrected chi connectivity index (χ1v) is 7.04. The molecule has 1 N–H and O–H groups in total. The van der Waals surface area contributed by atoms with Crippen molar-refractivity contribution in [3.05, 3.63) is 42.0 Å². The fourth-order valence-electron chi connectivity index (χ4n) is 2.80. The first kappa shape index (κ1) is 12.4. The van der Waals surface area contributed by atoms with Gasteiger partial charge in [0.05, 0.1) is 6.54 Å². The Kier molecular flexibility index (Phi) is 3.60. The van der Waals surface area contributed by atoms with Crippen LogP contribution in [0.3, 0.4) is 0 Å². The van der Waals surface area contributed by atoms with Crippen molar-refractivity contribution < 1.29 is 0 Å². The van der Waals surface area contributed by atoms with Crippen LogP contribution in [-0.2, 0) is 6.54 Å². The monoisotopic (exact) mass is 256 g/mol. The molecule has 0 radical (unpaired) electrons. The van der Waals surface area contributed by atoms with Crippen LogP contribution in [0, 0.1) is 6.92 Å². The van der Waals surface area contributed by atoms with Gasteiger partial charge in [0.15, 0.2) is 5.82 Å². The first-order chi connectivity index (χ1) is 9.34. The quantitative estimate of drug-likeness (QED) is 0.914. The zero-order valence-corrected chi connectivity index (χ0v) is 11.3. The summed E-state index contributed by atoms with van der Waals surface area (Å²) in [6.07, 6.45) is 5.28. The van der Waals surface area contributed by atoms with E-state index in [4.69, 9.17) is 0 Å². The molecule has 1 aromatic carbocycles. The second-order valence-corrected chi connectivity index (χ2v) is 5.20. The van der Waals surface area contributed by atoms with Gasteiger partial charge in [0.2, 0.25) is 0 Å². The molecule has 3 rings (SSSR count). The molecule has 0 bridgehead atoms.